The lowest BCUT2D eigenvalue weighted by molar-refractivity contribution is -0.903. The van der Waals surface area contributed by atoms with E-state index in [1.54, 1.807) is 6.08 Å². The van der Waals surface area contributed by atoms with Gasteiger partial charge in [0.2, 0.25) is 0 Å². The minimum Gasteiger partial charge on any atom is -0.385 e. The topological polar surface area (TPSA) is 46.7 Å². The number of allylic oxidation sites excluding steroid dienone is 1. The van der Waals surface area contributed by atoms with Crippen LogP contribution in [-0.4, -0.2) is 41.2 Å². The van der Waals surface area contributed by atoms with E-state index < -0.39 is 6.10 Å². The highest BCUT2D eigenvalue weighted by atomic mass is 32.1. The minimum atomic E-state index is -0.399. The van der Waals surface area contributed by atoms with E-state index in [-0.39, 0.29) is 5.78 Å². The first kappa shape index (κ1) is 23.5. The van der Waals surface area contributed by atoms with Crippen LogP contribution < -0.4 is 4.90 Å². The fourth-order valence-corrected chi connectivity index (χ4v) is 4.68. The zero-order valence-corrected chi connectivity index (χ0v) is 19.5. The highest BCUT2D eigenvalue weighted by Crippen LogP contribution is 2.23. The van der Waals surface area contributed by atoms with Gasteiger partial charge in [0.15, 0.2) is 5.78 Å². The maximum Gasteiger partial charge on any atom is 0.195 e. The number of unbranched alkanes of at least 4 members (excludes halogenated alkanes) is 2. The predicted molar refractivity (Wildman–Crippen MR) is 131 cm³/mol. The fourth-order valence-electron chi connectivity index (χ4n) is 4.03. The second-order valence-corrected chi connectivity index (χ2v) is 9.19. The number of hydrogen-bond acceptors (Lipinski definition) is 3. The van der Waals surface area contributed by atoms with Crippen molar-refractivity contribution in [3.05, 3.63) is 64.5 Å². The monoisotopic (exact) mass is 439 g/mol. The number of aliphatic hydroxyl groups excluding tert-OH is 1. The van der Waals surface area contributed by atoms with Crippen molar-refractivity contribution in [2.45, 2.75) is 52.2 Å². The zero-order chi connectivity index (χ0) is 22.1. The number of ketones is 1. The van der Waals surface area contributed by atoms with Crippen molar-refractivity contribution in [2.24, 2.45) is 0 Å². The molecule has 4 nitrogen and oxygen atoms in total. The molecule has 31 heavy (non-hydrogen) atoms. The Morgan fingerprint density at radius 3 is 2.55 bits per heavy atom. The van der Waals surface area contributed by atoms with Gasteiger partial charge in [0.1, 0.15) is 12.6 Å². The normalized spacial score (nSPS) is 12.9. The first-order valence-electron chi connectivity index (χ1n) is 11.5. The van der Waals surface area contributed by atoms with Gasteiger partial charge in [-0.1, -0.05) is 51.0 Å². The molecule has 2 N–H and O–H groups in total. The molecule has 5 heteroatoms. The van der Waals surface area contributed by atoms with Gasteiger partial charge in [0, 0.05) is 22.7 Å². The molecular formula is C26H35N2O2S+. The van der Waals surface area contributed by atoms with Gasteiger partial charge in [-0.25, -0.2) is 0 Å². The highest BCUT2D eigenvalue weighted by molar-refractivity contribution is 7.12. The van der Waals surface area contributed by atoms with Gasteiger partial charge >= 0.3 is 0 Å². The van der Waals surface area contributed by atoms with Crippen LogP contribution >= 0.6 is 11.3 Å². The van der Waals surface area contributed by atoms with Crippen LogP contribution in [0.5, 0.6) is 0 Å². The third kappa shape index (κ3) is 6.63. The van der Waals surface area contributed by atoms with Crippen molar-refractivity contribution in [3.63, 3.8) is 0 Å². The summed E-state index contributed by atoms with van der Waals surface area (Å²) in [6.07, 6.45) is 9.98. The van der Waals surface area contributed by atoms with Crippen molar-refractivity contribution in [3.8, 4) is 0 Å². The van der Waals surface area contributed by atoms with Crippen LogP contribution in [0.4, 0.5) is 0 Å². The van der Waals surface area contributed by atoms with E-state index in [0.29, 0.717) is 6.54 Å². The van der Waals surface area contributed by atoms with Gasteiger partial charge in [-0.15, -0.1) is 11.3 Å². The molecule has 0 radical (unpaired) electrons. The van der Waals surface area contributed by atoms with E-state index in [1.807, 2.05) is 35.7 Å². The predicted octanol–water partition coefficient (Wildman–Crippen LogP) is 4.44. The molecule has 0 saturated carbocycles. The first-order chi connectivity index (χ1) is 15.1. The largest absolute Gasteiger partial charge is 0.385 e. The van der Waals surface area contributed by atoms with Gasteiger partial charge in [-0.05, 0) is 42.5 Å². The number of rotatable bonds is 13. The summed E-state index contributed by atoms with van der Waals surface area (Å²) in [6, 6.07) is 11.9. The molecular weight excluding hydrogens is 404 g/mol. The standard InChI is InChI=1S/C26H34N2O2S/c1-3-5-15-27(16-6-4-2)19-22(29)20-28-18-21(23-10-7-8-11-24(23)28)13-14-25(30)26-12-9-17-31-26/h7-14,17-18,22,29H,3-6,15-16,19-20H2,1-2H3/p+1/b14-13+/t22-/m0/s1. The lowest BCUT2D eigenvalue weighted by Crippen LogP contribution is -3.13. The van der Waals surface area contributed by atoms with Crippen LogP contribution in [0.1, 0.15) is 54.8 Å². The van der Waals surface area contributed by atoms with Crippen molar-refractivity contribution in [1.82, 2.24) is 4.57 Å². The molecule has 1 atom stereocenters. The smallest absolute Gasteiger partial charge is 0.195 e. The molecule has 1 aromatic carbocycles. The van der Waals surface area contributed by atoms with Crippen LogP contribution in [0, 0.1) is 0 Å². The van der Waals surface area contributed by atoms with Gasteiger partial charge in [0.25, 0.3) is 0 Å². The second kappa shape index (κ2) is 12.0. The maximum absolute atomic E-state index is 12.4. The number of nitrogens with zero attached hydrogens (tertiary/aromatic N) is 1. The first-order valence-corrected chi connectivity index (χ1v) is 12.4. The average Bonchev–Trinajstić information content (AvgIpc) is 3.43. The Morgan fingerprint density at radius 1 is 1.13 bits per heavy atom. The minimum absolute atomic E-state index is 0.0259. The Morgan fingerprint density at radius 2 is 1.87 bits per heavy atom. The summed E-state index contributed by atoms with van der Waals surface area (Å²) >= 11 is 1.46. The van der Waals surface area contributed by atoms with E-state index in [9.17, 15) is 9.90 Å². The van der Waals surface area contributed by atoms with Crippen molar-refractivity contribution in [1.29, 1.82) is 0 Å². The Kier molecular flexibility index (Phi) is 9.07. The molecule has 0 saturated heterocycles. The third-order valence-corrected chi connectivity index (χ3v) is 6.58. The van der Waals surface area contributed by atoms with Crippen molar-refractivity contribution < 1.29 is 14.8 Å². The fraction of sp³-hybridized carbons (Fsp3) is 0.423. The summed E-state index contributed by atoms with van der Waals surface area (Å²) in [7, 11) is 0. The lowest BCUT2D eigenvalue weighted by atomic mass is 10.1. The van der Waals surface area contributed by atoms with Crippen LogP contribution in [0.3, 0.4) is 0 Å². The van der Waals surface area contributed by atoms with Gasteiger partial charge in [-0.2, -0.15) is 0 Å². The summed E-state index contributed by atoms with van der Waals surface area (Å²) in [4.78, 5) is 14.6. The van der Waals surface area contributed by atoms with Crippen LogP contribution in [0.2, 0.25) is 0 Å². The van der Waals surface area contributed by atoms with E-state index >= 15 is 0 Å². The molecule has 0 unspecified atom stereocenters. The van der Waals surface area contributed by atoms with E-state index in [2.05, 4.69) is 36.7 Å². The molecule has 0 bridgehead atoms. The Labute approximate surface area is 189 Å². The summed E-state index contributed by atoms with van der Waals surface area (Å²) in [5.41, 5.74) is 2.10. The number of nitrogens with one attached hydrogen (secondary N) is 1. The molecule has 0 aliphatic rings. The number of aliphatic hydroxyl groups is 1. The molecule has 2 aromatic heterocycles. The number of fused-ring (bicyclic) bond motifs is 1. The molecule has 2 heterocycles. The Bertz CT molecular complexity index is 967. The molecule has 3 rings (SSSR count). The molecule has 0 spiro atoms. The number of thiophene rings is 1. The van der Waals surface area contributed by atoms with Crippen LogP contribution in [0.15, 0.2) is 54.1 Å². The number of benzene rings is 1. The van der Waals surface area contributed by atoms with E-state index in [4.69, 9.17) is 0 Å². The number of para-hydroxylation sites is 1. The quantitative estimate of drug-likeness (QED) is 0.305. The van der Waals surface area contributed by atoms with Gasteiger partial charge in [0.05, 0.1) is 24.5 Å². The Hall–Kier alpha value is -2.21. The van der Waals surface area contributed by atoms with Crippen molar-refractivity contribution in [2.75, 3.05) is 19.6 Å². The molecule has 0 amide bonds. The SMILES string of the molecule is CCCC[NH+](CCCC)C[C@H](O)Cn1cc(/C=C/C(=O)c2cccs2)c2ccccc21. The third-order valence-electron chi connectivity index (χ3n) is 5.70. The number of quaternary nitrogens is 1. The van der Waals surface area contributed by atoms with Gasteiger partial charge < -0.3 is 14.6 Å². The van der Waals surface area contributed by atoms with E-state index in [0.717, 1.165) is 41.0 Å². The summed E-state index contributed by atoms with van der Waals surface area (Å²) in [6.45, 7) is 8.03. The maximum atomic E-state index is 12.4. The number of carbonyl (C=O) groups excluding carboxylic acids is 1. The molecule has 3 aromatic rings. The van der Waals surface area contributed by atoms with Crippen LogP contribution in [-0.2, 0) is 6.54 Å². The zero-order valence-electron chi connectivity index (χ0n) is 18.7. The van der Waals surface area contributed by atoms with Crippen molar-refractivity contribution >= 4 is 34.1 Å². The van der Waals surface area contributed by atoms with E-state index in [1.165, 1.54) is 41.9 Å². The second-order valence-electron chi connectivity index (χ2n) is 8.24. The van der Waals surface area contributed by atoms with Crippen LogP contribution in [0.25, 0.3) is 17.0 Å². The van der Waals surface area contributed by atoms with Gasteiger partial charge in [-0.3, -0.25) is 4.79 Å². The number of aromatic nitrogens is 1. The lowest BCUT2D eigenvalue weighted by Gasteiger charge is -2.22. The highest BCUT2D eigenvalue weighted by Gasteiger charge is 2.17. The molecule has 0 aliphatic carbocycles. The summed E-state index contributed by atoms with van der Waals surface area (Å²) < 4.78 is 2.13. The molecule has 0 fully saturated rings. The molecule has 0 aliphatic heterocycles. The number of hydrogen-bond donors (Lipinski definition) is 2. The summed E-state index contributed by atoms with van der Waals surface area (Å²) in [5.74, 6) is 0.0259. The molecule has 166 valence electrons. The Balaban J connectivity index is 1.73. The average molecular weight is 440 g/mol. The number of carbonyl (C=O) groups is 1. The summed E-state index contributed by atoms with van der Waals surface area (Å²) in [5, 5.41) is 13.9.